The van der Waals surface area contributed by atoms with Gasteiger partial charge in [-0.05, 0) is 12.1 Å². The molecule has 0 saturated heterocycles. The van der Waals surface area contributed by atoms with E-state index in [-0.39, 0.29) is 24.8 Å². The number of nitrogens with two attached hydrogens (primary N) is 2. The van der Waals surface area contributed by atoms with Gasteiger partial charge in [-0.2, -0.15) is 0 Å². The van der Waals surface area contributed by atoms with Gasteiger partial charge in [-0.3, -0.25) is 0 Å². The molecule has 0 unspecified atom stereocenters. The van der Waals surface area contributed by atoms with E-state index in [2.05, 4.69) is 0 Å². The number of rotatable bonds is 2. The van der Waals surface area contributed by atoms with Crippen molar-refractivity contribution in [3.05, 3.63) is 24.3 Å². The largest absolute Gasteiger partial charge is 0.239 e. The zero-order valence-corrected chi connectivity index (χ0v) is 11.0. The Morgan fingerprint density at radius 2 is 1.00 bits per heavy atom. The van der Waals surface area contributed by atoms with Crippen LogP contribution in [0.25, 0.3) is 0 Å². The Labute approximate surface area is 106 Å². The van der Waals surface area contributed by atoms with Crippen LogP contribution in [-0.4, -0.2) is 16.8 Å². The quantitative estimate of drug-likeness (QED) is 0.787. The number of sulfonamides is 2. The zero-order valence-electron chi connectivity index (χ0n) is 7.73. The fourth-order valence-electron chi connectivity index (χ4n) is 0.920. The summed E-state index contributed by atoms with van der Waals surface area (Å²) in [4.78, 5) is -0.995. The van der Waals surface area contributed by atoms with Crippen LogP contribution in [0.3, 0.4) is 0 Å². The molecule has 1 aromatic rings. The molecule has 16 heavy (non-hydrogen) atoms. The minimum absolute atomic E-state index is 0. The maximum Gasteiger partial charge on any atom is 0.239 e. The standard InChI is InChI=1S/C6H8N2O4S2.2ClH/c7-13(9,10)5-3-1-2-4-6(5)14(8,11)12;;/h1-4H,(H2,7,9,10)(H2,8,11,12);2*1H. The van der Waals surface area contributed by atoms with Crippen LogP contribution in [0.5, 0.6) is 0 Å². The lowest BCUT2D eigenvalue weighted by molar-refractivity contribution is 0.584. The lowest BCUT2D eigenvalue weighted by atomic mass is 10.4. The van der Waals surface area contributed by atoms with Crippen LogP contribution in [-0.2, 0) is 20.0 Å². The first-order valence-electron chi connectivity index (χ1n) is 3.37. The average molecular weight is 309 g/mol. The lowest BCUT2D eigenvalue weighted by Gasteiger charge is -2.03. The smallest absolute Gasteiger partial charge is 0.225 e. The summed E-state index contributed by atoms with van der Waals surface area (Å²) in [5.41, 5.74) is 0. The molecule has 1 aromatic carbocycles. The summed E-state index contributed by atoms with van der Waals surface area (Å²) in [7, 11) is -8.15. The van der Waals surface area contributed by atoms with E-state index in [4.69, 9.17) is 10.3 Å². The van der Waals surface area contributed by atoms with Gasteiger partial charge >= 0.3 is 0 Å². The predicted molar refractivity (Wildman–Crippen MR) is 63.7 cm³/mol. The molecule has 4 N–H and O–H groups in total. The molecular weight excluding hydrogens is 299 g/mol. The minimum atomic E-state index is -4.08. The topological polar surface area (TPSA) is 120 Å². The van der Waals surface area contributed by atoms with E-state index in [0.29, 0.717) is 0 Å². The van der Waals surface area contributed by atoms with Crippen LogP contribution in [0.2, 0.25) is 0 Å². The highest BCUT2D eigenvalue weighted by atomic mass is 35.5. The van der Waals surface area contributed by atoms with E-state index >= 15 is 0 Å². The summed E-state index contributed by atoms with van der Waals surface area (Å²) in [6.45, 7) is 0. The van der Waals surface area contributed by atoms with Crippen molar-refractivity contribution >= 4 is 44.9 Å². The normalized spacial score (nSPS) is 11.1. The first-order valence-corrected chi connectivity index (χ1v) is 6.47. The maximum atomic E-state index is 11.0. The van der Waals surface area contributed by atoms with Crippen LogP contribution < -0.4 is 10.3 Å². The van der Waals surface area contributed by atoms with Gasteiger partial charge in [0.1, 0.15) is 9.79 Å². The third-order valence-electron chi connectivity index (χ3n) is 1.46. The average Bonchev–Trinajstić information content (AvgIpc) is 2.01. The summed E-state index contributed by atoms with van der Waals surface area (Å²) in [6, 6.07) is 4.87. The predicted octanol–water partition coefficient (Wildman–Crippen LogP) is -0.175. The number of primary sulfonamides is 2. The van der Waals surface area contributed by atoms with E-state index in [1.54, 1.807) is 0 Å². The van der Waals surface area contributed by atoms with Gasteiger partial charge in [0.2, 0.25) is 20.0 Å². The first kappa shape index (κ1) is 18.0. The fraction of sp³-hybridized carbons (Fsp3) is 0. The monoisotopic (exact) mass is 308 g/mol. The molecule has 94 valence electrons. The SMILES string of the molecule is Cl.Cl.NS(=O)(=O)c1ccccc1S(N)(=O)=O. The van der Waals surface area contributed by atoms with Crippen LogP contribution >= 0.6 is 24.8 Å². The Morgan fingerprint density at radius 3 is 1.19 bits per heavy atom. The number of halogens is 2. The second kappa shape index (κ2) is 5.80. The highest BCUT2D eigenvalue weighted by molar-refractivity contribution is 7.92. The second-order valence-corrected chi connectivity index (χ2v) is 5.60. The third-order valence-corrected chi connectivity index (χ3v) is 3.53. The second-order valence-electron chi connectivity index (χ2n) is 2.54. The van der Waals surface area contributed by atoms with Crippen molar-refractivity contribution in [1.82, 2.24) is 0 Å². The van der Waals surface area contributed by atoms with Gasteiger partial charge in [0.15, 0.2) is 0 Å². The molecule has 0 atom stereocenters. The van der Waals surface area contributed by atoms with E-state index < -0.39 is 29.8 Å². The van der Waals surface area contributed by atoms with Crippen LogP contribution in [0, 0.1) is 0 Å². The molecule has 0 saturated carbocycles. The van der Waals surface area contributed by atoms with Crippen LogP contribution in [0.15, 0.2) is 34.1 Å². The van der Waals surface area contributed by atoms with Gasteiger partial charge in [0.25, 0.3) is 0 Å². The van der Waals surface area contributed by atoms with Gasteiger partial charge in [-0.25, -0.2) is 27.1 Å². The van der Waals surface area contributed by atoms with Gasteiger partial charge in [0, 0.05) is 0 Å². The van der Waals surface area contributed by atoms with Gasteiger partial charge < -0.3 is 0 Å². The molecule has 10 heteroatoms. The first-order chi connectivity index (χ1) is 6.23. The molecular formula is C6H10Cl2N2O4S2. The Bertz CT molecular complexity index is 505. The van der Waals surface area contributed by atoms with Crippen molar-refractivity contribution in [3.63, 3.8) is 0 Å². The molecule has 0 spiro atoms. The van der Waals surface area contributed by atoms with Crippen molar-refractivity contribution in [2.45, 2.75) is 9.79 Å². The Kier molecular flexibility index (Phi) is 6.53. The molecule has 6 nitrogen and oxygen atoms in total. The minimum Gasteiger partial charge on any atom is -0.225 e. The molecule has 1 rings (SSSR count). The fourth-order valence-corrected chi connectivity index (χ4v) is 2.85. The molecule has 0 amide bonds. The van der Waals surface area contributed by atoms with E-state index in [1.165, 1.54) is 12.1 Å². The van der Waals surface area contributed by atoms with Crippen LogP contribution in [0.4, 0.5) is 0 Å². The van der Waals surface area contributed by atoms with Crippen molar-refractivity contribution in [2.75, 3.05) is 0 Å². The molecule has 0 aromatic heterocycles. The molecule has 0 heterocycles. The zero-order chi connectivity index (χ0) is 11.0. The number of hydrogen-bond donors (Lipinski definition) is 2. The van der Waals surface area contributed by atoms with Crippen LogP contribution in [0.1, 0.15) is 0 Å². The van der Waals surface area contributed by atoms with Crippen molar-refractivity contribution < 1.29 is 16.8 Å². The molecule has 0 aliphatic heterocycles. The van der Waals surface area contributed by atoms with E-state index in [9.17, 15) is 16.8 Å². The Hall–Kier alpha value is -0.380. The summed E-state index contributed by atoms with van der Waals surface area (Å²) >= 11 is 0. The van der Waals surface area contributed by atoms with Crippen molar-refractivity contribution in [3.8, 4) is 0 Å². The summed E-state index contributed by atoms with van der Waals surface area (Å²) in [5, 5.41) is 9.61. The van der Waals surface area contributed by atoms with Gasteiger partial charge in [-0.15, -0.1) is 24.8 Å². The van der Waals surface area contributed by atoms with E-state index in [0.717, 1.165) is 12.1 Å². The van der Waals surface area contributed by atoms with Gasteiger partial charge in [-0.1, -0.05) is 12.1 Å². The maximum absolute atomic E-state index is 11.0. The molecule has 0 aliphatic carbocycles. The molecule has 0 bridgehead atoms. The molecule has 0 fully saturated rings. The molecule has 0 radical (unpaired) electrons. The highest BCUT2D eigenvalue weighted by Crippen LogP contribution is 2.17. The van der Waals surface area contributed by atoms with Crippen molar-refractivity contribution in [2.24, 2.45) is 10.3 Å². The summed E-state index contributed by atoms with van der Waals surface area (Å²) < 4.78 is 43.8. The van der Waals surface area contributed by atoms with Gasteiger partial charge in [0.05, 0.1) is 0 Å². The Balaban J connectivity index is 0. The summed E-state index contributed by atoms with van der Waals surface area (Å²) in [5.74, 6) is 0. The number of benzene rings is 1. The van der Waals surface area contributed by atoms with Crippen molar-refractivity contribution in [1.29, 1.82) is 0 Å². The molecule has 0 aliphatic rings. The highest BCUT2D eigenvalue weighted by Gasteiger charge is 2.20. The Morgan fingerprint density at radius 1 is 0.750 bits per heavy atom. The lowest BCUT2D eigenvalue weighted by Crippen LogP contribution is -2.20. The van der Waals surface area contributed by atoms with E-state index in [1.807, 2.05) is 0 Å². The number of hydrogen-bond acceptors (Lipinski definition) is 4. The summed E-state index contributed by atoms with van der Waals surface area (Å²) in [6.07, 6.45) is 0. The third kappa shape index (κ3) is 4.24.